The van der Waals surface area contributed by atoms with E-state index in [1.807, 2.05) is 4.90 Å². The number of carbonyl (C=O) groups is 1. The number of aromatic nitrogens is 2. The molecule has 0 radical (unpaired) electrons. The molecular formula is C15H19Cl2N5O2. The fourth-order valence-electron chi connectivity index (χ4n) is 2.55. The quantitative estimate of drug-likeness (QED) is 0.876. The molecule has 7 nitrogen and oxygen atoms in total. The lowest BCUT2D eigenvalue weighted by Gasteiger charge is -2.34. The van der Waals surface area contributed by atoms with Crippen LogP contribution in [-0.4, -0.2) is 52.0 Å². The average molecular weight is 372 g/mol. The maximum absolute atomic E-state index is 12.5. The smallest absolute Gasteiger partial charge is 0.253 e. The minimum Gasteiger partial charge on any atom is -0.338 e. The molecule has 130 valence electrons. The fraction of sp³-hybridized carbons (Fsp3) is 0.400. The molecule has 24 heavy (non-hydrogen) atoms. The highest BCUT2D eigenvalue weighted by atomic mass is 35.5. The minimum absolute atomic E-state index is 0. The summed E-state index contributed by atoms with van der Waals surface area (Å²) >= 11 is 5.94. The third-order valence-electron chi connectivity index (χ3n) is 3.78. The molecule has 1 aliphatic heterocycles. The van der Waals surface area contributed by atoms with Crippen molar-refractivity contribution >= 4 is 29.9 Å². The van der Waals surface area contributed by atoms with E-state index in [-0.39, 0.29) is 24.9 Å². The molecule has 1 fully saturated rings. The number of benzene rings is 1. The lowest BCUT2D eigenvalue weighted by Crippen LogP contribution is -2.48. The molecule has 2 heterocycles. The highest BCUT2D eigenvalue weighted by molar-refractivity contribution is 6.30. The van der Waals surface area contributed by atoms with Crippen molar-refractivity contribution in [1.29, 1.82) is 0 Å². The van der Waals surface area contributed by atoms with Crippen molar-refractivity contribution in [3.8, 4) is 0 Å². The Hall–Kier alpha value is -1.67. The van der Waals surface area contributed by atoms with Gasteiger partial charge in [-0.25, -0.2) is 0 Å². The molecule has 0 aliphatic carbocycles. The summed E-state index contributed by atoms with van der Waals surface area (Å²) in [7, 11) is 0. The van der Waals surface area contributed by atoms with E-state index >= 15 is 0 Å². The second kappa shape index (κ2) is 8.43. The molecule has 1 aromatic carbocycles. The normalized spacial score (nSPS) is 15.2. The van der Waals surface area contributed by atoms with Crippen LogP contribution < -0.4 is 5.73 Å². The summed E-state index contributed by atoms with van der Waals surface area (Å²) in [5, 5.41) is 4.46. The van der Waals surface area contributed by atoms with Crippen LogP contribution in [0.3, 0.4) is 0 Å². The Balaban J connectivity index is 0.00000208. The van der Waals surface area contributed by atoms with Gasteiger partial charge in [0, 0.05) is 36.8 Å². The first-order valence-corrected chi connectivity index (χ1v) is 7.82. The summed E-state index contributed by atoms with van der Waals surface area (Å²) in [6, 6.07) is 7.03. The molecule has 0 unspecified atom stereocenters. The van der Waals surface area contributed by atoms with Gasteiger partial charge in [-0.05, 0) is 18.2 Å². The van der Waals surface area contributed by atoms with E-state index in [1.54, 1.807) is 24.3 Å². The van der Waals surface area contributed by atoms with Crippen LogP contribution in [0, 0.1) is 0 Å². The number of halogens is 2. The zero-order chi connectivity index (χ0) is 16.2. The lowest BCUT2D eigenvalue weighted by molar-refractivity contribution is 0.0624. The van der Waals surface area contributed by atoms with Crippen molar-refractivity contribution in [2.45, 2.75) is 13.1 Å². The largest absolute Gasteiger partial charge is 0.338 e. The van der Waals surface area contributed by atoms with Crippen LogP contribution in [0.2, 0.25) is 5.02 Å². The first-order chi connectivity index (χ1) is 11.2. The third-order valence-corrected chi connectivity index (χ3v) is 4.02. The maximum atomic E-state index is 12.5. The molecule has 1 amide bonds. The summed E-state index contributed by atoms with van der Waals surface area (Å²) in [5.74, 6) is 1.08. The van der Waals surface area contributed by atoms with Crippen molar-refractivity contribution in [1.82, 2.24) is 19.9 Å². The number of piperazine rings is 1. The van der Waals surface area contributed by atoms with Gasteiger partial charge in [0.05, 0.1) is 13.1 Å². The summed E-state index contributed by atoms with van der Waals surface area (Å²) < 4.78 is 4.99. The summed E-state index contributed by atoms with van der Waals surface area (Å²) in [5.41, 5.74) is 6.07. The zero-order valence-corrected chi connectivity index (χ0v) is 14.6. The van der Waals surface area contributed by atoms with E-state index in [4.69, 9.17) is 21.9 Å². The van der Waals surface area contributed by atoms with Crippen LogP contribution in [0.25, 0.3) is 0 Å². The van der Waals surface area contributed by atoms with Crippen LogP contribution in [0.4, 0.5) is 0 Å². The van der Waals surface area contributed by atoms with Crippen LogP contribution in [-0.2, 0) is 13.1 Å². The van der Waals surface area contributed by atoms with Gasteiger partial charge in [-0.1, -0.05) is 22.8 Å². The Morgan fingerprint density at radius 1 is 1.29 bits per heavy atom. The molecule has 2 N–H and O–H groups in total. The molecule has 2 aromatic rings. The van der Waals surface area contributed by atoms with Crippen molar-refractivity contribution in [3.63, 3.8) is 0 Å². The number of hydrogen-bond donors (Lipinski definition) is 1. The monoisotopic (exact) mass is 371 g/mol. The Morgan fingerprint density at radius 2 is 2.04 bits per heavy atom. The van der Waals surface area contributed by atoms with Crippen LogP contribution in [0.15, 0.2) is 28.8 Å². The average Bonchev–Trinajstić information content (AvgIpc) is 3.02. The highest BCUT2D eigenvalue weighted by Gasteiger charge is 2.23. The topological polar surface area (TPSA) is 88.5 Å². The van der Waals surface area contributed by atoms with Gasteiger partial charge in [-0.3, -0.25) is 9.69 Å². The van der Waals surface area contributed by atoms with E-state index in [0.29, 0.717) is 41.9 Å². The van der Waals surface area contributed by atoms with Crippen molar-refractivity contribution in [2.75, 3.05) is 26.2 Å². The third kappa shape index (κ3) is 4.45. The number of hydrogen-bond acceptors (Lipinski definition) is 6. The van der Waals surface area contributed by atoms with Crippen LogP contribution >= 0.6 is 24.0 Å². The molecule has 9 heteroatoms. The van der Waals surface area contributed by atoms with Crippen LogP contribution in [0.1, 0.15) is 22.1 Å². The molecule has 1 aromatic heterocycles. The predicted octanol–water partition coefficient (Wildman–Crippen LogP) is 1.56. The molecular weight excluding hydrogens is 353 g/mol. The van der Waals surface area contributed by atoms with Crippen molar-refractivity contribution < 1.29 is 9.32 Å². The van der Waals surface area contributed by atoms with Gasteiger partial charge in [-0.15, -0.1) is 12.4 Å². The minimum atomic E-state index is 0. The van der Waals surface area contributed by atoms with Crippen molar-refractivity contribution in [2.24, 2.45) is 5.73 Å². The molecule has 0 spiro atoms. The lowest BCUT2D eigenvalue weighted by atomic mass is 10.2. The summed E-state index contributed by atoms with van der Waals surface area (Å²) in [6.07, 6.45) is 0. The standard InChI is InChI=1S/C15H18ClN5O2.ClH/c16-12-3-1-2-11(8-12)15(22)21-6-4-20(5-7-21)10-13-18-14(9-17)23-19-13;/h1-3,8H,4-7,9-10,17H2;1H. The Bertz CT molecular complexity index is 686. The van der Waals surface area contributed by atoms with Gasteiger partial charge in [0.15, 0.2) is 5.82 Å². The van der Waals surface area contributed by atoms with E-state index in [0.717, 1.165) is 13.1 Å². The van der Waals surface area contributed by atoms with Gasteiger partial charge < -0.3 is 15.2 Å². The second-order valence-electron chi connectivity index (χ2n) is 5.39. The second-order valence-corrected chi connectivity index (χ2v) is 5.82. The number of nitrogens with zero attached hydrogens (tertiary/aromatic N) is 4. The van der Waals surface area contributed by atoms with Gasteiger partial charge in [0.25, 0.3) is 5.91 Å². The SMILES string of the molecule is Cl.NCc1nc(CN2CCN(C(=O)c3cccc(Cl)c3)CC2)no1. The van der Waals surface area contributed by atoms with E-state index in [1.165, 1.54) is 0 Å². The molecule has 0 saturated carbocycles. The van der Waals surface area contributed by atoms with Gasteiger partial charge >= 0.3 is 0 Å². The van der Waals surface area contributed by atoms with Crippen LogP contribution in [0.5, 0.6) is 0 Å². The van der Waals surface area contributed by atoms with E-state index in [9.17, 15) is 4.79 Å². The van der Waals surface area contributed by atoms with Gasteiger partial charge in [0.1, 0.15) is 0 Å². The first kappa shape index (κ1) is 18.7. The molecule has 3 rings (SSSR count). The molecule has 1 aliphatic rings. The number of nitrogens with two attached hydrogens (primary N) is 1. The Labute approximate surface area is 151 Å². The molecule has 1 saturated heterocycles. The maximum Gasteiger partial charge on any atom is 0.253 e. The summed E-state index contributed by atoms with van der Waals surface area (Å²) in [4.78, 5) is 20.7. The first-order valence-electron chi connectivity index (χ1n) is 7.44. The zero-order valence-electron chi connectivity index (χ0n) is 13.0. The Kier molecular flexibility index (Phi) is 6.56. The predicted molar refractivity (Wildman–Crippen MR) is 92.1 cm³/mol. The number of carbonyl (C=O) groups excluding carboxylic acids is 1. The molecule has 0 bridgehead atoms. The van der Waals surface area contributed by atoms with Crippen molar-refractivity contribution in [3.05, 3.63) is 46.6 Å². The number of rotatable bonds is 4. The molecule has 0 atom stereocenters. The van der Waals surface area contributed by atoms with E-state index in [2.05, 4.69) is 15.0 Å². The van der Waals surface area contributed by atoms with Gasteiger partial charge in [-0.2, -0.15) is 4.98 Å². The van der Waals surface area contributed by atoms with E-state index < -0.39 is 0 Å². The summed E-state index contributed by atoms with van der Waals surface area (Å²) in [6.45, 7) is 3.69. The van der Waals surface area contributed by atoms with Gasteiger partial charge in [0.2, 0.25) is 5.89 Å². The Morgan fingerprint density at radius 3 is 2.67 bits per heavy atom. The number of amides is 1. The highest BCUT2D eigenvalue weighted by Crippen LogP contribution is 2.14. The fourth-order valence-corrected chi connectivity index (χ4v) is 2.74.